The number of hydrogen-bond donors (Lipinski definition) is 0. The maximum absolute atomic E-state index is 11.8. The van der Waals surface area contributed by atoms with Gasteiger partial charge in [-0.3, -0.25) is 19.3 Å². The van der Waals surface area contributed by atoms with Gasteiger partial charge >= 0.3 is 0 Å². The summed E-state index contributed by atoms with van der Waals surface area (Å²) in [5.74, 6) is -0.707. The Balaban J connectivity index is 2.56. The molecule has 4 heteroatoms. The zero-order valence-electron chi connectivity index (χ0n) is 9.11. The number of hydrogen-bond acceptors (Lipinski definition) is 3. The summed E-state index contributed by atoms with van der Waals surface area (Å²) in [7, 11) is 0. The average molecular weight is 217 g/mol. The van der Waals surface area contributed by atoms with Crippen molar-refractivity contribution in [3.8, 4) is 0 Å². The number of ketones is 1. The van der Waals surface area contributed by atoms with Crippen molar-refractivity contribution in [2.24, 2.45) is 0 Å². The molecule has 0 saturated carbocycles. The van der Waals surface area contributed by atoms with Crippen LogP contribution in [0.1, 0.15) is 44.9 Å². The minimum atomic E-state index is -0.314. The number of fused-ring (bicyclic) bond motifs is 1. The maximum Gasteiger partial charge on any atom is 0.261 e. The molecule has 0 saturated heterocycles. The van der Waals surface area contributed by atoms with Crippen LogP contribution in [0, 0.1) is 0 Å². The van der Waals surface area contributed by atoms with Crippen molar-refractivity contribution in [2.75, 3.05) is 6.54 Å². The second-order valence-electron chi connectivity index (χ2n) is 3.67. The van der Waals surface area contributed by atoms with Crippen molar-refractivity contribution in [3.63, 3.8) is 0 Å². The first-order chi connectivity index (χ1) is 7.56. The Morgan fingerprint density at radius 1 is 1.19 bits per heavy atom. The van der Waals surface area contributed by atoms with Crippen molar-refractivity contribution in [1.29, 1.82) is 0 Å². The second-order valence-corrected chi connectivity index (χ2v) is 3.67. The summed E-state index contributed by atoms with van der Waals surface area (Å²) in [5.41, 5.74) is 1.18. The summed E-state index contributed by atoms with van der Waals surface area (Å²) in [6.45, 7) is 3.52. The average Bonchev–Trinajstić information content (AvgIpc) is 2.51. The van der Waals surface area contributed by atoms with Gasteiger partial charge in [0.05, 0.1) is 11.1 Å². The molecule has 1 aromatic carbocycles. The van der Waals surface area contributed by atoms with Gasteiger partial charge in [-0.1, -0.05) is 6.07 Å². The molecule has 2 rings (SSSR count). The fourth-order valence-corrected chi connectivity index (χ4v) is 1.80. The van der Waals surface area contributed by atoms with E-state index < -0.39 is 0 Å². The molecule has 2 amide bonds. The summed E-state index contributed by atoms with van der Waals surface area (Å²) in [6, 6.07) is 4.61. The highest BCUT2D eigenvalue weighted by Gasteiger charge is 2.34. The quantitative estimate of drug-likeness (QED) is 0.557. The van der Waals surface area contributed by atoms with Crippen LogP contribution < -0.4 is 0 Å². The third kappa shape index (κ3) is 1.34. The molecule has 0 spiro atoms. The molecular formula is C12H11NO3. The van der Waals surface area contributed by atoms with E-state index in [2.05, 4.69) is 0 Å². The normalized spacial score (nSPS) is 14.2. The first kappa shape index (κ1) is 10.5. The van der Waals surface area contributed by atoms with Crippen molar-refractivity contribution in [1.82, 2.24) is 4.90 Å². The minimum Gasteiger partial charge on any atom is -0.295 e. The van der Waals surface area contributed by atoms with Gasteiger partial charge < -0.3 is 0 Å². The molecule has 1 aliphatic heterocycles. The van der Waals surface area contributed by atoms with Crippen molar-refractivity contribution in [3.05, 3.63) is 34.9 Å². The molecule has 1 heterocycles. The largest absolute Gasteiger partial charge is 0.295 e. The fourth-order valence-electron chi connectivity index (χ4n) is 1.80. The Bertz CT molecular complexity index is 505. The van der Waals surface area contributed by atoms with E-state index in [0.717, 1.165) is 0 Å². The predicted molar refractivity (Wildman–Crippen MR) is 57.5 cm³/mol. The van der Waals surface area contributed by atoms with Crippen LogP contribution in [0.5, 0.6) is 0 Å². The molecule has 1 aliphatic rings. The zero-order valence-corrected chi connectivity index (χ0v) is 9.11. The van der Waals surface area contributed by atoms with Gasteiger partial charge in [0, 0.05) is 12.1 Å². The highest BCUT2D eigenvalue weighted by molar-refractivity contribution is 6.22. The van der Waals surface area contributed by atoms with E-state index in [4.69, 9.17) is 0 Å². The number of nitrogens with zero attached hydrogens (tertiary/aromatic N) is 1. The van der Waals surface area contributed by atoms with E-state index in [1.807, 2.05) is 0 Å². The Morgan fingerprint density at radius 2 is 1.81 bits per heavy atom. The fraction of sp³-hybridized carbons (Fsp3) is 0.250. The van der Waals surface area contributed by atoms with E-state index in [9.17, 15) is 14.4 Å². The monoisotopic (exact) mass is 217 g/mol. The van der Waals surface area contributed by atoms with Gasteiger partial charge in [-0.15, -0.1) is 0 Å². The predicted octanol–water partition coefficient (Wildman–Crippen LogP) is 1.51. The number of amides is 2. The van der Waals surface area contributed by atoms with E-state index in [-0.39, 0.29) is 17.6 Å². The van der Waals surface area contributed by atoms with Crippen LogP contribution in [-0.4, -0.2) is 29.0 Å². The van der Waals surface area contributed by atoms with Gasteiger partial charge in [0.1, 0.15) is 0 Å². The SMILES string of the molecule is CCN1C(=O)c2ccc(C(C)=O)cc2C1=O. The minimum absolute atomic E-state index is 0.113. The van der Waals surface area contributed by atoms with E-state index >= 15 is 0 Å². The summed E-state index contributed by atoms with van der Waals surface area (Å²) >= 11 is 0. The second kappa shape index (κ2) is 3.56. The number of carbonyl (C=O) groups excluding carboxylic acids is 3. The molecule has 0 aliphatic carbocycles. The van der Waals surface area contributed by atoms with Gasteiger partial charge in [-0.05, 0) is 26.0 Å². The number of rotatable bonds is 2. The van der Waals surface area contributed by atoms with Gasteiger partial charge in [0.15, 0.2) is 5.78 Å². The molecule has 0 fully saturated rings. The number of benzene rings is 1. The molecule has 0 radical (unpaired) electrons. The molecule has 0 unspecified atom stereocenters. The van der Waals surface area contributed by atoms with Crippen molar-refractivity contribution < 1.29 is 14.4 Å². The van der Waals surface area contributed by atoms with Crippen LogP contribution in [0.15, 0.2) is 18.2 Å². The summed E-state index contributed by atoms with van der Waals surface area (Å²) in [6.07, 6.45) is 0. The molecule has 1 aromatic rings. The van der Waals surface area contributed by atoms with Crippen LogP contribution in [0.2, 0.25) is 0 Å². The summed E-state index contributed by atoms with van der Waals surface area (Å²) in [4.78, 5) is 35.9. The van der Waals surface area contributed by atoms with Gasteiger partial charge in [0.25, 0.3) is 11.8 Å². The summed E-state index contributed by atoms with van der Waals surface area (Å²) in [5, 5.41) is 0. The van der Waals surface area contributed by atoms with Crippen molar-refractivity contribution >= 4 is 17.6 Å². The van der Waals surface area contributed by atoms with Gasteiger partial charge in [-0.25, -0.2) is 0 Å². The maximum atomic E-state index is 11.8. The lowest BCUT2D eigenvalue weighted by Crippen LogP contribution is -2.29. The third-order valence-electron chi connectivity index (χ3n) is 2.69. The van der Waals surface area contributed by atoms with Crippen LogP contribution in [0.25, 0.3) is 0 Å². The molecular weight excluding hydrogens is 206 g/mol. The lowest BCUT2D eigenvalue weighted by Gasteiger charge is -2.08. The molecule has 0 bridgehead atoms. The Hall–Kier alpha value is -1.97. The standard InChI is InChI=1S/C12H11NO3/c1-3-13-11(15)9-5-4-8(7(2)14)6-10(9)12(13)16/h4-6H,3H2,1-2H3. The van der Waals surface area contributed by atoms with Gasteiger partial charge in [0.2, 0.25) is 0 Å². The van der Waals surface area contributed by atoms with Gasteiger partial charge in [-0.2, -0.15) is 0 Å². The molecule has 4 nitrogen and oxygen atoms in total. The first-order valence-corrected chi connectivity index (χ1v) is 5.07. The van der Waals surface area contributed by atoms with E-state index in [1.165, 1.54) is 17.9 Å². The molecule has 0 aromatic heterocycles. The van der Waals surface area contributed by atoms with Crippen LogP contribution in [-0.2, 0) is 0 Å². The molecule has 82 valence electrons. The molecule has 0 N–H and O–H groups in total. The highest BCUT2D eigenvalue weighted by atomic mass is 16.2. The zero-order chi connectivity index (χ0) is 11.9. The third-order valence-corrected chi connectivity index (χ3v) is 2.69. The Morgan fingerprint density at radius 3 is 2.38 bits per heavy atom. The molecule has 0 atom stereocenters. The lowest BCUT2D eigenvalue weighted by molar-refractivity contribution is 0.0662. The Labute approximate surface area is 92.9 Å². The summed E-state index contributed by atoms with van der Waals surface area (Å²) < 4.78 is 0. The Kier molecular flexibility index (Phi) is 2.34. The highest BCUT2D eigenvalue weighted by Crippen LogP contribution is 2.23. The number of carbonyl (C=O) groups is 3. The van der Waals surface area contributed by atoms with Crippen LogP contribution in [0.3, 0.4) is 0 Å². The first-order valence-electron chi connectivity index (χ1n) is 5.07. The topological polar surface area (TPSA) is 54.5 Å². The van der Waals surface area contributed by atoms with Crippen molar-refractivity contribution in [2.45, 2.75) is 13.8 Å². The van der Waals surface area contributed by atoms with Crippen LogP contribution in [0.4, 0.5) is 0 Å². The number of imide groups is 1. The van der Waals surface area contributed by atoms with E-state index in [0.29, 0.717) is 23.2 Å². The smallest absolute Gasteiger partial charge is 0.261 e. The van der Waals surface area contributed by atoms with E-state index in [1.54, 1.807) is 19.1 Å². The lowest BCUT2D eigenvalue weighted by atomic mass is 10.0. The number of Topliss-reactive ketones (excluding diaryl/α,β-unsaturated/α-hetero) is 1. The molecule has 16 heavy (non-hydrogen) atoms. The van der Waals surface area contributed by atoms with Crippen LogP contribution >= 0.6 is 0 Å².